The molecule has 0 aliphatic rings. The molecule has 14 heteroatoms. The Bertz CT molecular complexity index is 1390. The normalized spacial score (nSPS) is 12.3. The zero-order valence-electron chi connectivity index (χ0n) is 18.8. The molecule has 0 aliphatic carbocycles. The van der Waals surface area contributed by atoms with Gasteiger partial charge in [-0.3, -0.25) is 9.59 Å². The number of anilines is 1. The average molecular weight is 533 g/mol. The van der Waals surface area contributed by atoms with Gasteiger partial charge >= 0.3 is 5.97 Å². The number of halogens is 1. The van der Waals surface area contributed by atoms with Crippen molar-refractivity contribution >= 4 is 51.0 Å². The summed E-state index contributed by atoms with van der Waals surface area (Å²) >= 11 is 6.07. The van der Waals surface area contributed by atoms with E-state index in [0.29, 0.717) is 16.3 Å². The van der Waals surface area contributed by atoms with E-state index in [-0.39, 0.29) is 23.4 Å². The van der Waals surface area contributed by atoms with Gasteiger partial charge < -0.3 is 15.7 Å². The van der Waals surface area contributed by atoms with Gasteiger partial charge in [0.1, 0.15) is 22.2 Å². The topological polar surface area (TPSA) is 173 Å². The molecule has 0 radical (unpaired) electrons. The summed E-state index contributed by atoms with van der Waals surface area (Å²) in [5.41, 5.74) is 1.37. The molecule has 0 fully saturated rings. The predicted octanol–water partition coefficient (Wildman–Crippen LogP) is 1.59. The predicted molar refractivity (Wildman–Crippen MR) is 131 cm³/mol. The minimum atomic E-state index is -3.42. The molecule has 0 bridgehead atoms. The van der Waals surface area contributed by atoms with Crippen molar-refractivity contribution in [2.75, 3.05) is 17.3 Å². The monoisotopic (exact) mass is 532 g/mol. The fourth-order valence-corrected chi connectivity index (χ4v) is 3.90. The van der Waals surface area contributed by atoms with Crippen LogP contribution in [-0.4, -0.2) is 69.6 Å². The Balaban J connectivity index is 1.76. The van der Waals surface area contributed by atoms with E-state index in [1.165, 1.54) is 47.4 Å². The van der Waals surface area contributed by atoms with E-state index in [2.05, 4.69) is 26.2 Å². The summed E-state index contributed by atoms with van der Waals surface area (Å²) in [6.45, 7) is 0. The second-order valence-electron chi connectivity index (χ2n) is 7.64. The second-order valence-corrected chi connectivity index (χ2v) is 10.3. The minimum absolute atomic E-state index is 0.0297. The van der Waals surface area contributed by atoms with Crippen molar-refractivity contribution in [3.8, 4) is 5.69 Å². The molecule has 36 heavy (non-hydrogen) atoms. The fraction of sp³-hybridized carbons (Fsp3) is 0.182. The van der Waals surface area contributed by atoms with Crippen LogP contribution in [-0.2, 0) is 19.4 Å². The summed E-state index contributed by atoms with van der Waals surface area (Å²) in [7, 11) is -3.42. The number of nitrogens with zero attached hydrogens (tertiary/aromatic N) is 4. The van der Waals surface area contributed by atoms with Crippen LogP contribution in [0.3, 0.4) is 0 Å². The second kappa shape index (κ2) is 11.6. The summed E-state index contributed by atoms with van der Waals surface area (Å²) in [5.74, 6) is -2.79. The van der Waals surface area contributed by atoms with Gasteiger partial charge in [-0.1, -0.05) is 11.6 Å². The van der Waals surface area contributed by atoms with Crippen LogP contribution in [0.5, 0.6) is 0 Å². The van der Waals surface area contributed by atoms with Gasteiger partial charge in [0.25, 0.3) is 0 Å². The maximum atomic E-state index is 12.8. The van der Waals surface area contributed by atoms with Crippen molar-refractivity contribution in [2.45, 2.75) is 12.5 Å². The molecule has 1 heterocycles. The third-order valence-corrected chi connectivity index (χ3v) is 6.02. The first-order chi connectivity index (χ1) is 17.0. The van der Waals surface area contributed by atoms with Crippen molar-refractivity contribution in [3.63, 3.8) is 0 Å². The number of carbonyl (C=O) groups excluding carboxylic acids is 2. The van der Waals surface area contributed by atoms with Crippen LogP contribution in [0.15, 0.2) is 54.9 Å². The molecule has 188 valence electrons. The van der Waals surface area contributed by atoms with E-state index < -0.39 is 33.7 Å². The number of aromatic carboxylic acids is 1. The SMILES string of the molecule is CS(=O)(=O)CC[C@H](NC(=O)C=Cc1cc(Cl)ccc1-n1cnnn1)C(=O)Nc1ccc(C(=O)O)cc1. The van der Waals surface area contributed by atoms with E-state index in [1.54, 1.807) is 18.2 Å². The molecule has 1 aromatic heterocycles. The van der Waals surface area contributed by atoms with Crippen LogP contribution in [0.2, 0.25) is 5.02 Å². The summed E-state index contributed by atoms with van der Waals surface area (Å²) in [4.78, 5) is 36.4. The maximum Gasteiger partial charge on any atom is 0.335 e. The molecule has 3 N–H and O–H groups in total. The lowest BCUT2D eigenvalue weighted by atomic mass is 10.1. The fourth-order valence-electron chi connectivity index (χ4n) is 3.05. The van der Waals surface area contributed by atoms with E-state index in [9.17, 15) is 22.8 Å². The number of carbonyl (C=O) groups is 3. The van der Waals surface area contributed by atoms with E-state index in [4.69, 9.17) is 16.7 Å². The smallest absolute Gasteiger partial charge is 0.335 e. The Morgan fingerprint density at radius 1 is 1.17 bits per heavy atom. The van der Waals surface area contributed by atoms with Gasteiger partial charge in [-0.2, -0.15) is 4.68 Å². The molecular weight excluding hydrogens is 512 g/mol. The average Bonchev–Trinajstić information content (AvgIpc) is 3.35. The third kappa shape index (κ3) is 7.71. The minimum Gasteiger partial charge on any atom is -0.478 e. The molecular formula is C22H21ClN6O6S. The van der Waals surface area contributed by atoms with Crippen LogP contribution in [0.4, 0.5) is 5.69 Å². The standard InChI is InChI=1S/C22H21ClN6O6S/c1-36(34,35)11-10-18(21(31)25-17-6-2-14(3-7-17)22(32)33)26-20(30)9-4-15-12-16(23)5-8-19(15)29-13-24-27-28-29/h2-9,12-13,18H,10-11H2,1H3,(H,25,31)(H,26,30)(H,32,33)/t18-/m0/s1. The number of hydrogen-bond donors (Lipinski definition) is 3. The van der Waals surface area contributed by atoms with Crippen LogP contribution >= 0.6 is 11.6 Å². The number of nitrogens with one attached hydrogen (secondary N) is 2. The van der Waals surface area contributed by atoms with Gasteiger partial charge in [-0.25, -0.2) is 13.2 Å². The van der Waals surface area contributed by atoms with Crippen LogP contribution < -0.4 is 10.6 Å². The van der Waals surface area contributed by atoms with Crippen LogP contribution in [0, 0.1) is 0 Å². The highest BCUT2D eigenvalue weighted by Crippen LogP contribution is 2.20. The van der Waals surface area contributed by atoms with E-state index >= 15 is 0 Å². The number of carboxylic acid groups (broad SMARTS) is 1. The Hall–Kier alpha value is -4.10. The molecule has 1 atom stereocenters. The first-order valence-corrected chi connectivity index (χ1v) is 12.8. The number of carboxylic acids is 1. The van der Waals surface area contributed by atoms with Crippen LogP contribution in [0.1, 0.15) is 22.3 Å². The third-order valence-electron chi connectivity index (χ3n) is 4.81. The summed E-state index contributed by atoms with van der Waals surface area (Å²) in [6.07, 6.45) is 4.84. The largest absolute Gasteiger partial charge is 0.478 e. The van der Waals surface area contributed by atoms with Gasteiger partial charge in [0.15, 0.2) is 0 Å². The van der Waals surface area contributed by atoms with Crippen molar-refractivity contribution in [2.24, 2.45) is 0 Å². The number of amides is 2. The van der Waals surface area contributed by atoms with Crippen molar-refractivity contribution in [3.05, 3.63) is 71.0 Å². The number of benzene rings is 2. The van der Waals surface area contributed by atoms with Gasteiger partial charge in [-0.15, -0.1) is 5.10 Å². The lowest BCUT2D eigenvalue weighted by molar-refractivity contribution is -0.123. The molecule has 12 nitrogen and oxygen atoms in total. The number of hydrogen-bond acceptors (Lipinski definition) is 8. The molecule has 0 spiro atoms. The van der Waals surface area contributed by atoms with Crippen molar-refractivity contribution in [1.82, 2.24) is 25.5 Å². The zero-order valence-corrected chi connectivity index (χ0v) is 20.4. The Morgan fingerprint density at radius 2 is 1.89 bits per heavy atom. The number of aromatic nitrogens is 4. The lowest BCUT2D eigenvalue weighted by Gasteiger charge is -2.17. The van der Waals surface area contributed by atoms with Gasteiger partial charge in [0, 0.05) is 28.6 Å². The molecule has 3 rings (SSSR count). The maximum absolute atomic E-state index is 12.8. The number of tetrazole rings is 1. The van der Waals surface area contributed by atoms with Crippen LogP contribution in [0.25, 0.3) is 11.8 Å². The first-order valence-electron chi connectivity index (χ1n) is 10.4. The summed E-state index contributed by atoms with van der Waals surface area (Å²) in [6, 6.07) is 9.08. The highest BCUT2D eigenvalue weighted by atomic mass is 35.5. The van der Waals surface area contributed by atoms with Crippen molar-refractivity contribution in [1.29, 1.82) is 0 Å². The van der Waals surface area contributed by atoms with Gasteiger partial charge in [0.2, 0.25) is 11.8 Å². The molecule has 2 amide bonds. The molecule has 2 aromatic carbocycles. The molecule has 0 aliphatic heterocycles. The zero-order chi connectivity index (χ0) is 26.3. The molecule has 0 saturated carbocycles. The van der Waals surface area contributed by atoms with E-state index in [0.717, 1.165) is 6.26 Å². The molecule has 0 saturated heterocycles. The Morgan fingerprint density at radius 3 is 2.50 bits per heavy atom. The molecule has 0 unspecified atom stereocenters. The highest BCUT2D eigenvalue weighted by molar-refractivity contribution is 7.90. The van der Waals surface area contributed by atoms with E-state index in [1.807, 2.05) is 0 Å². The van der Waals surface area contributed by atoms with Crippen molar-refractivity contribution < 1.29 is 27.9 Å². The number of rotatable bonds is 10. The Kier molecular flexibility index (Phi) is 8.51. The van der Waals surface area contributed by atoms with Gasteiger partial charge in [-0.05, 0) is 65.4 Å². The van der Waals surface area contributed by atoms with Gasteiger partial charge in [0.05, 0.1) is 17.0 Å². The summed E-state index contributed by atoms with van der Waals surface area (Å²) < 4.78 is 24.7. The summed E-state index contributed by atoms with van der Waals surface area (Å²) in [5, 5.41) is 25.4. The number of sulfone groups is 1. The molecule has 3 aromatic rings. The lowest BCUT2D eigenvalue weighted by Crippen LogP contribution is -2.44. The Labute approximate surface area is 210 Å². The quantitative estimate of drug-likeness (QED) is 0.327. The first kappa shape index (κ1) is 26.5. The highest BCUT2D eigenvalue weighted by Gasteiger charge is 2.22.